The molecule has 0 unspecified atom stereocenters. The van der Waals surface area contributed by atoms with Crippen molar-refractivity contribution in [2.24, 2.45) is 7.05 Å². The molecule has 0 saturated carbocycles. The van der Waals surface area contributed by atoms with Gasteiger partial charge in [-0.1, -0.05) is 11.8 Å². The van der Waals surface area contributed by atoms with E-state index in [-0.39, 0.29) is 5.56 Å². The Bertz CT molecular complexity index is 1080. The average Bonchev–Trinajstić information content (AvgIpc) is 3.18. The van der Waals surface area contributed by atoms with E-state index >= 15 is 0 Å². The Morgan fingerprint density at radius 1 is 1.26 bits per heavy atom. The molecule has 4 aromatic rings. The minimum absolute atomic E-state index is 0.0434. The maximum atomic E-state index is 12.4. The topological polar surface area (TPSA) is 73.6 Å². The van der Waals surface area contributed by atoms with Gasteiger partial charge in [0, 0.05) is 7.05 Å². The first kappa shape index (κ1) is 15.1. The van der Waals surface area contributed by atoms with Gasteiger partial charge in [0.2, 0.25) is 0 Å². The Labute approximate surface area is 147 Å². The predicted octanol–water partition coefficient (Wildman–Crippen LogP) is 3.27. The second-order valence-electron chi connectivity index (χ2n) is 4.52. The van der Waals surface area contributed by atoms with Crippen LogP contribution in [0.4, 0.5) is 0 Å². The second kappa shape index (κ2) is 5.86. The van der Waals surface area contributed by atoms with E-state index in [1.807, 2.05) is 11.6 Å². The van der Waals surface area contributed by atoms with Crippen LogP contribution in [0.3, 0.4) is 0 Å². The van der Waals surface area contributed by atoms with Crippen molar-refractivity contribution in [3.05, 3.63) is 28.1 Å². The molecule has 0 bridgehead atoms. The van der Waals surface area contributed by atoms with Crippen molar-refractivity contribution < 1.29 is 0 Å². The Hall–Kier alpha value is -1.49. The van der Waals surface area contributed by atoms with Crippen molar-refractivity contribution in [3.8, 4) is 0 Å². The molecule has 0 aromatic carbocycles. The summed E-state index contributed by atoms with van der Waals surface area (Å²) in [6.07, 6.45) is 3.48. The minimum Gasteiger partial charge on any atom is -0.290 e. The Kier molecular flexibility index (Phi) is 3.84. The fourth-order valence-corrected chi connectivity index (χ4v) is 5.31. The summed E-state index contributed by atoms with van der Waals surface area (Å²) in [5.74, 6) is 0. The van der Waals surface area contributed by atoms with Crippen LogP contribution in [0.2, 0.25) is 0 Å². The smallest absolute Gasteiger partial charge is 0.262 e. The van der Waals surface area contributed by atoms with Gasteiger partial charge >= 0.3 is 0 Å². The van der Waals surface area contributed by atoms with Crippen LogP contribution in [0.1, 0.15) is 0 Å². The molecule has 4 aromatic heterocycles. The van der Waals surface area contributed by atoms with Crippen molar-refractivity contribution in [3.63, 3.8) is 0 Å². The Morgan fingerprint density at radius 3 is 2.96 bits per heavy atom. The summed E-state index contributed by atoms with van der Waals surface area (Å²) in [5.41, 5.74) is 0.636. The predicted molar refractivity (Wildman–Crippen MR) is 96.0 cm³/mol. The molecule has 0 fully saturated rings. The maximum Gasteiger partial charge on any atom is 0.262 e. The molecule has 116 valence electrons. The third kappa shape index (κ3) is 2.55. The van der Waals surface area contributed by atoms with Crippen molar-refractivity contribution in [1.82, 2.24) is 24.5 Å². The maximum absolute atomic E-state index is 12.4. The fourth-order valence-electron chi connectivity index (χ4n) is 2.03. The van der Waals surface area contributed by atoms with Gasteiger partial charge in [-0.2, -0.15) is 0 Å². The van der Waals surface area contributed by atoms with Crippen LogP contribution in [0.25, 0.3) is 20.6 Å². The lowest BCUT2D eigenvalue weighted by atomic mass is 10.4. The van der Waals surface area contributed by atoms with E-state index in [9.17, 15) is 4.79 Å². The number of nitrogens with zero attached hydrogens (tertiary/aromatic N) is 5. The Balaban J connectivity index is 1.86. The van der Waals surface area contributed by atoms with Gasteiger partial charge in [0.1, 0.15) is 20.9 Å². The summed E-state index contributed by atoms with van der Waals surface area (Å²) >= 11 is 5.96. The first-order valence-corrected chi connectivity index (χ1v) is 10.2. The number of hydrogen-bond donors (Lipinski definition) is 0. The highest BCUT2D eigenvalue weighted by Crippen LogP contribution is 2.35. The number of thioether (sulfide) groups is 1. The standard InChI is InChI=1S/C13H9N5OS4/c1-18-11(19)6-3-4-21-9(6)17-12(18)23-10-7-8(14-5-15-10)16-13(20-2)22-7/h3-5H,1-2H3. The van der Waals surface area contributed by atoms with Gasteiger partial charge in [0.15, 0.2) is 15.1 Å². The quantitative estimate of drug-likeness (QED) is 0.307. The van der Waals surface area contributed by atoms with Gasteiger partial charge in [-0.05, 0) is 29.5 Å². The van der Waals surface area contributed by atoms with Crippen LogP contribution in [0.5, 0.6) is 0 Å². The monoisotopic (exact) mass is 379 g/mol. The largest absolute Gasteiger partial charge is 0.290 e. The van der Waals surface area contributed by atoms with Gasteiger partial charge in [-0.15, -0.1) is 22.7 Å². The molecular formula is C13H9N5OS4. The van der Waals surface area contributed by atoms with Crippen molar-refractivity contribution >= 4 is 66.8 Å². The molecule has 0 spiro atoms. The lowest BCUT2D eigenvalue weighted by Crippen LogP contribution is -2.19. The van der Waals surface area contributed by atoms with E-state index in [0.29, 0.717) is 16.2 Å². The van der Waals surface area contributed by atoms with Gasteiger partial charge in [0.25, 0.3) is 5.56 Å². The molecule has 4 rings (SSSR count). The van der Waals surface area contributed by atoms with E-state index < -0.39 is 0 Å². The van der Waals surface area contributed by atoms with Crippen LogP contribution < -0.4 is 5.56 Å². The minimum atomic E-state index is -0.0434. The van der Waals surface area contributed by atoms with E-state index in [2.05, 4.69) is 19.9 Å². The highest BCUT2D eigenvalue weighted by molar-refractivity contribution is 8.00. The van der Waals surface area contributed by atoms with E-state index in [4.69, 9.17) is 0 Å². The number of aromatic nitrogens is 5. The lowest BCUT2D eigenvalue weighted by molar-refractivity contribution is 0.727. The molecule has 0 aliphatic carbocycles. The van der Waals surface area contributed by atoms with Crippen LogP contribution in [0.15, 0.2) is 37.1 Å². The highest BCUT2D eigenvalue weighted by atomic mass is 32.2. The summed E-state index contributed by atoms with van der Waals surface area (Å²) in [4.78, 5) is 30.7. The van der Waals surface area contributed by atoms with Gasteiger partial charge in [-0.3, -0.25) is 9.36 Å². The first-order valence-electron chi connectivity index (χ1n) is 6.45. The van der Waals surface area contributed by atoms with E-state index in [1.165, 1.54) is 29.4 Å². The van der Waals surface area contributed by atoms with Gasteiger partial charge < -0.3 is 0 Å². The number of fused-ring (bicyclic) bond motifs is 2. The molecule has 4 heterocycles. The first-order chi connectivity index (χ1) is 11.2. The van der Waals surface area contributed by atoms with Crippen molar-refractivity contribution in [2.45, 2.75) is 14.5 Å². The van der Waals surface area contributed by atoms with Crippen LogP contribution >= 0.6 is 46.2 Å². The summed E-state index contributed by atoms with van der Waals surface area (Å²) in [6, 6.07) is 1.81. The average molecular weight is 380 g/mol. The number of thiophene rings is 1. The molecule has 10 heteroatoms. The Morgan fingerprint density at radius 2 is 2.13 bits per heavy atom. The van der Waals surface area contributed by atoms with Crippen LogP contribution in [0, 0.1) is 0 Å². The summed E-state index contributed by atoms with van der Waals surface area (Å²) < 4.78 is 3.42. The number of thiazole rings is 1. The zero-order valence-electron chi connectivity index (χ0n) is 12.0. The van der Waals surface area contributed by atoms with Crippen molar-refractivity contribution in [2.75, 3.05) is 6.26 Å². The SMILES string of the molecule is CSc1nc2ncnc(Sc3nc4sccc4c(=O)n3C)c2s1. The normalized spacial score (nSPS) is 11.6. The number of hydrogen-bond acceptors (Lipinski definition) is 9. The highest BCUT2D eigenvalue weighted by Gasteiger charge is 2.15. The molecule has 0 amide bonds. The zero-order valence-corrected chi connectivity index (χ0v) is 15.3. The fraction of sp³-hybridized carbons (Fsp3) is 0.154. The molecule has 6 nitrogen and oxygen atoms in total. The molecule has 0 aliphatic rings. The van der Waals surface area contributed by atoms with Gasteiger partial charge in [0.05, 0.1) is 5.39 Å². The molecule has 0 radical (unpaired) electrons. The molecule has 0 N–H and O–H groups in total. The molecule has 23 heavy (non-hydrogen) atoms. The molecule has 0 aliphatic heterocycles. The van der Waals surface area contributed by atoms with Gasteiger partial charge in [-0.25, -0.2) is 19.9 Å². The summed E-state index contributed by atoms with van der Waals surface area (Å²) in [6.45, 7) is 0. The van der Waals surface area contributed by atoms with E-state index in [0.717, 1.165) is 18.9 Å². The molecule has 0 saturated heterocycles. The lowest BCUT2D eigenvalue weighted by Gasteiger charge is -2.06. The third-order valence-corrected chi connectivity index (χ3v) is 7.19. The number of rotatable bonds is 3. The van der Waals surface area contributed by atoms with Crippen molar-refractivity contribution in [1.29, 1.82) is 0 Å². The zero-order chi connectivity index (χ0) is 16.0. The van der Waals surface area contributed by atoms with E-state index in [1.54, 1.807) is 40.8 Å². The summed E-state index contributed by atoms with van der Waals surface area (Å²) in [5, 5.41) is 3.91. The van der Waals surface area contributed by atoms with Crippen LogP contribution in [-0.4, -0.2) is 30.8 Å². The second-order valence-corrected chi connectivity index (χ2v) is 8.42. The molecular weight excluding hydrogens is 370 g/mol. The van der Waals surface area contributed by atoms with Crippen LogP contribution in [-0.2, 0) is 7.05 Å². The molecule has 0 atom stereocenters. The summed E-state index contributed by atoms with van der Waals surface area (Å²) in [7, 11) is 1.73. The third-order valence-electron chi connectivity index (χ3n) is 3.17.